The Bertz CT molecular complexity index is 187. The Morgan fingerprint density at radius 2 is 2.20 bits per heavy atom. The van der Waals surface area contributed by atoms with E-state index < -0.39 is 0 Å². The highest BCUT2D eigenvalue weighted by Crippen LogP contribution is 2.18. The Labute approximate surface area is 62.4 Å². The Morgan fingerprint density at radius 1 is 1.50 bits per heavy atom. The summed E-state index contributed by atoms with van der Waals surface area (Å²) in [5.41, 5.74) is 2.80. The van der Waals surface area contributed by atoms with Crippen LogP contribution in [0.1, 0.15) is 27.2 Å². The summed E-state index contributed by atoms with van der Waals surface area (Å²) in [7, 11) is 0. The van der Waals surface area contributed by atoms with Crippen LogP contribution >= 0.6 is 0 Å². The maximum Gasteiger partial charge on any atom is 0.109 e. The summed E-state index contributed by atoms with van der Waals surface area (Å²) in [4.78, 5) is 0. The third kappa shape index (κ3) is 1.41. The smallest absolute Gasteiger partial charge is 0.109 e. The largest absolute Gasteiger partial charge is 0.494 e. The van der Waals surface area contributed by atoms with Gasteiger partial charge in [0.05, 0.1) is 5.76 Å². The number of rotatable bonds is 1. The average molecular weight is 138 g/mol. The first kappa shape index (κ1) is 7.39. The fourth-order valence-corrected chi connectivity index (χ4v) is 1.14. The molecule has 0 aromatic carbocycles. The molecule has 0 unspecified atom stereocenters. The number of ether oxygens (including phenoxy) is 1. The van der Waals surface area contributed by atoms with Crippen LogP contribution in [0, 0.1) is 0 Å². The third-order valence-corrected chi connectivity index (χ3v) is 1.88. The minimum absolute atomic E-state index is 0.796. The van der Waals surface area contributed by atoms with E-state index in [0.29, 0.717) is 0 Å². The van der Waals surface area contributed by atoms with E-state index in [1.54, 1.807) is 0 Å². The van der Waals surface area contributed by atoms with Gasteiger partial charge >= 0.3 is 0 Å². The maximum atomic E-state index is 5.35. The molecule has 0 saturated carbocycles. The van der Waals surface area contributed by atoms with Gasteiger partial charge in [-0.25, -0.2) is 0 Å². The van der Waals surface area contributed by atoms with Crippen molar-refractivity contribution in [3.8, 4) is 0 Å². The molecule has 0 radical (unpaired) electrons. The van der Waals surface area contributed by atoms with Crippen molar-refractivity contribution in [2.75, 3.05) is 6.61 Å². The molecule has 0 amide bonds. The zero-order valence-electron chi connectivity index (χ0n) is 6.90. The highest BCUT2D eigenvalue weighted by atomic mass is 16.5. The molecule has 0 bridgehead atoms. The van der Waals surface area contributed by atoms with Crippen LogP contribution in [0.25, 0.3) is 0 Å². The topological polar surface area (TPSA) is 9.23 Å². The summed E-state index contributed by atoms with van der Waals surface area (Å²) in [5.74, 6) is 1.04. The van der Waals surface area contributed by atoms with Crippen LogP contribution in [0.2, 0.25) is 0 Å². The highest BCUT2D eigenvalue weighted by Gasteiger charge is 2.05. The lowest BCUT2D eigenvalue weighted by Gasteiger charge is -2.16. The van der Waals surface area contributed by atoms with Crippen molar-refractivity contribution in [1.29, 1.82) is 0 Å². The van der Waals surface area contributed by atoms with Gasteiger partial charge < -0.3 is 4.74 Å². The summed E-state index contributed by atoms with van der Waals surface area (Å²) in [5, 5.41) is 0. The van der Waals surface area contributed by atoms with Gasteiger partial charge in [-0.05, 0) is 37.5 Å². The van der Waals surface area contributed by atoms with Crippen molar-refractivity contribution < 1.29 is 4.74 Å². The summed E-state index contributed by atoms with van der Waals surface area (Å²) in [6.45, 7) is 7.10. The lowest BCUT2D eigenvalue weighted by Crippen LogP contribution is -2.03. The van der Waals surface area contributed by atoms with Crippen molar-refractivity contribution in [1.82, 2.24) is 0 Å². The van der Waals surface area contributed by atoms with E-state index >= 15 is 0 Å². The normalized spacial score (nSPS) is 18.5. The van der Waals surface area contributed by atoms with E-state index in [-0.39, 0.29) is 0 Å². The SMILES string of the molecule is CCC1=C(C)C=C(C)OC1. The first-order valence-corrected chi connectivity index (χ1v) is 3.73. The zero-order valence-corrected chi connectivity index (χ0v) is 6.90. The number of hydrogen-bond acceptors (Lipinski definition) is 1. The molecule has 1 heterocycles. The van der Waals surface area contributed by atoms with Crippen LogP contribution in [0.5, 0.6) is 0 Å². The molecule has 10 heavy (non-hydrogen) atoms. The minimum atomic E-state index is 0.796. The van der Waals surface area contributed by atoms with Gasteiger partial charge in [-0.3, -0.25) is 0 Å². The van der Waals surface area contributed by atoms with E-state index in [0.717, 1.165) is 18.8 Å². The quantitative estimate of drug-likeness (QED) is 0.541. The van der Waals surface area contributed by atoms with Gasteiger partial charge in [0.1, 0.15) is 6.61 Å². The van der Waals surface area contributed by atoms with Crippen LogP contribution in [0.3, 0.4) is 0 Å². The molecule has 1 heteroatoms. The van der Waals surface area contributed by atoms with E-state index in [2.05, 4.69) is 19.9 Å². The minimum Gasteiger partial charge on any atom is -0.494 e. The van der Waals surface area contributed by atoms with E-state index in [4.69, 9.17) is 4.74 Å². The molecule has 0 aliphatic carbocycles. The van der Waals surface area contributed by atoms with Gasteiger partial charge in [0.25, 0.3) is 0 Å². The predicted molar refractivity (Wildman–Crippen MR) is 42.7 cm³/mol. The lowest BCUT2D eigenvalue weighted by atomic mass is 10.1. The van der Waals surface area contributed by atoms with Crippen LogP contribution in [0.15, 0.2) is 23.0 Å². The Hall–Kier alpha value is -0.720. The monoisotopic (exact) mass is 138 g/mol. The molecule has 0 spiro atoms. The third-order valence-electron chi connectivity index (χ3n) is 1.88. The molecule has 1 rings (SSSR count). The average Bonchev–Trinajstić information content (AvgIpc) is 1.88. The molecule has 0 fully saturated rings. The first-order chi connectivity index (χ1) is 4.74. The second-order valence-electron chi connectivity index (χ2n) is 2.68. The van der Waals surface area contributed by atoms with Crippen molar-refractivity contribution in [3.63, 3.8) is 0 Å². The summed E-state index contributed by atoms with van der Waals surface area (Å²) < 4.78 is 5.35. The van der Waals surface area contributed by atoms with Gasteiger partial charge in [-0.15, -0.1) is 0 Å². The summed E-state index contributed by atoms with van der Waals surface area (Å²) in [6, 6.07) is 0. The van der Waals surface area contributed by atoms with Crippen molar-refractivity contribution in [3.05, 3.63) is 23.0 Å². The molecule has 0 saturated heterocycles. The fraction of sp³-hybridized carbons (Fsp3) is 0.556. The highest BCUT2D eigenvalue weighted by molar-refractivity contribution is 5.28. The van der Waals surface area contributed by atoms with Crippen molar-refractivity contribution in [2.24, 2.45) is 0 Å². The molecule has 0 aromatic heterocycles. The van der Waals surface area contributed by atoms with E-state index in [1.165, 1.54) is 11.1 Å². The van der Waals surface area contributed by atoms with Crippen LogP contribution < -0.4 is 0 Å². The van der Waals surface area contributed by atoms with Crippen LogP contribution in [-0.4, -0.2) is 6.61 Å². The van der Waals surface area contributed by atoms with Gasteiger partial charge in [-0.2, -0.15) is 0 Å². The molecular weight excluding hydrogens is 124 g/mol. The Morgan fingerprint density at radius 3 is 2.70 bits per heavy atom. The molecule has 0 aromatic rings. The molecular formula is C9H14O. The second kappa shape index (κ2) is 2.91. The Kier molecular flexibility index (Phi) is 2.15. The summed E-state index contributed by atoms with van der Waals surface area (Å²) >= 11 is 0. The van der Waals surface area contributed by atoms with Crippen LogP contribution in [-0.2, 0) is 4.74 Å². The van der Waals surface area contributed by atoms with Crippen molar-refractivity contribution >= 4 is 0 Å². The molecule has 0 atom stereocenters. The second-order valence-corrected chi connectivity index (χ2v) is 2.68. The molecule has 0 N–H and O–H groups in total. The number of allylic oxidation sites excluding steroid dienone is 3. The molecule has 1 aliphatic heterocycles. The van der Waals surface area contributed by atoms with Gasteiger partial charge in [0, 0.05) is 0 Å². The van der Waals surface area contributed by atoms with E-state index in [1.807, 2.05) is 6.92 Å². The van der Waals surface area contributed by atoms with Gasteiger partial charge in [0.15, 0.2) is 0 Å². The molecule has 56 valence electrons. The lowest BCUT2D eigenvalue weighted by molar-refractivity contribution is 0.232. The predicted octanol–water partition coefficient (Wildman–Crippen LogP) is 2.65. The van der Waals surface area contributed by atoms with Crippen molar-refractivity contribution in [2.45, 2.75) is 27.2 Å². The Balaban J connectivity index is 2.80. The maximum absolute atomic E-state index is 5.35. The fourth-order valence-electron chi connectivity index (χ4n) is 1.14. The van der Waals surface area contributed by atoms with Gasteiger partial charge in [-0.1, -0.05) is 6.92 Å². The zero-order chi connectivity index (χ0) is 7.56. The first-order valence-electron chi connectivity index (χ1n) is 3.73. The van der Waals surface area contributed by atoms with E-state index in [9.17, 15) is 0 Å². The number of hydrogen-bond donors (Lipinski definition) is 0. The summed E-state index contributed by atoms with van der Waals surface area (Å²) in [6.07, 6.45) is 3.21. The molecule has 1 nitrogen and oxygen atoms in total. The van der Waals surface area contributed by atoms with Crippen LogP contribution in [0.4, 0.5) is 0 Å². The molecule has 1 aliphatic rings. The standard InChI is InChI=1S/C9H14O/c1-4-9-6-10-8(3)5-7(9)2/h5H,4,6H2,1-3H3. The van der Waals surface area contributed by atoms with Gasteiger partial charge in [0.2, 0.25) is 0 Å².